The fourth-order valence-electron chi connectivity index (χ4n) is 2.93. The number of imide groups is 1. The van der Waals surface area contributed by atoms with E-state index in [4.69, 9.17) is 10.00 Å². The Kier molecular flexibility index (Phi) is 5.79. The van der Waals surface area contributed by atoms with E-state index < -0.39 is 23.4 Å². The van der Waals surface area contributed by atoms with Gasteiger partial charge in [0.25, 0.3) is 11.8 Å². The summed E-state index contributed by atoms with van der Waals surface area (Å²) in [6, 6.07) is 17.2. The van der Waals surface area contributed by atoms with Crippen molar-refractivity contribution in [2.24, 2.45) is 0 Å². The summed E-state index contributed by atoms with van der Waals surface area (Å²) in [5.74, 6) is -0.778. The van der Waals surface area contributed by atoms with Gasteiger partial charge in [-0.05, 0) is 49.6 Å². The number of nitrogens with one attached hydrogen (secondary N) is 2. The maximum Gasteiger partial charge on any atom is 0.344 e. The summed E-state index contributed by atoms with van der Waals surface area (Å²) >= 11 is 0. The summed E-state index contributed by atoms with van der Waals surface area (Å²) in [5, 5.41) is 12.1. The number of nitrogens with zero attached hydrogens (tertiary/aromatic N) is 2. The Balaban J connectivity index is 1.54. The topological polar surface area (TPSA) is 112 Å². The molecule has 4 amide bonds. The zero-order valence-electron chi connectivity index (χ0n) is 15.8. The van der Waals surface area contributed by atoms with Gasteiger partial charge in [-0.1, -0.05) is 30.3 Å². The summed E-state index contributed by atoms with van der Waals surface area (Å²) < 4.78 is 5.31. The van der Waals surface area contributed by atoms with E-state index in [9.17, 15) is 14.4 Å². The van der Waals surface area contributed by atoms with Crippen LogP contribution in [0.3, 0.4) is 0 Å². The molecule has 2 aromatic carbocycles. The van der Waals surface area contributed by atoms with Crippen LogP contribution in [0.4, 0.5) is 4.79 Å². The van der Waals surface area contributed by atoms with Crippen molar-refractivity contribution in [3.05, 3.63) is 65.7 Å². The molecule has 0 unspecified atom stereocenters. The first kappa shape index (κ1) is 19.9. The van der Waals surface area contributed by atoms with Crippen molar-refractivity contribution < 1.29 is 19.1 Å². The Morgan fingerprint density at radius 3 is 2.52 bits per heavy atom. The molecule has 29 heavy (non-hydrogen) atoms. The van der Waals surface area contributed by atoms with Gasteiger partial charge in [0, 0.05) is 0 Å². The number of amides is 4. The van der Waals surface area contributed by atoms with Crippen LogP contribution in [0.25, 0.3) is 0 Å². The lowest BCUT2D eigenvalue weighted by atomic mass is 9.93. The lowest BCUT2D eigenvalue weighted by Crippen LogP contribution is -2.50. The van der Waals surface area contributed by atoms with Gasteiger partial charge >= 0.3 is 6.03 Å². The average Bonchev–Trinajstić information content (AvgIpc) is 2.95. The smallest absolute Gasteiger partial charge is 0.344 e. The van der Waals surface area contributed by atoms with E-state index in [1.807, 2.05) is 36.4 Å². The van der Waals surface area contributed by atoms with Crippen LogP contribution in [0, 0.1) is 11.3 Å². The molecule has 3 rings (SSSR count). The summed E-state index contributed by atoms with van der Waals surface area (Å²) in [7, 11) is 0. The predicted octanol–water partition coefficient (Wildman–Crippen LogP) is 1.91. The normalized spacial score (nSPS) is 18.1. The number of urea groups is 1. The quantitative estimate of drug-likeness (QED) is 0.699. The Hall–Kier alpha value is -3.86. The SMILES string of the molecule is C[C@]1(CCc2ccccc2)NC(=O)N(NC(=O)COc2ccc(C#N)cc2)C1=O. The summed E-state index contributed by atoms with van der Waals surface area (Å²) in [6.45, 7) is 1.25. The second kappa shape index (κ2) is 8.44. The first-order chi connectivity index (χ1) is 13.9. The van der Waals surface area contributed by atoms with E-state index in [0.29, 0.717) is 29.2 Å². The molecule has 1 atom stereocenters. The summed E-state index contributed by atoms with van der Waals surface area (Å²) in [4.78, 5) is 37.0. The molecule has 1 heterocycles. The number of hydrogen-bond donors (Lipinski definition) is 2. The van der Waals surface area contributed by atoms with Crippen molar-refractivity contribution in [1.29, 1.82) is 5.26 Å². The molecule has 8 nitrogen and oxygen atoms in total. The third-order valence-corrected chi connectivity index (χ3v) is 4.61. The van der Waals surface area contributed by atoms with Crippen molar-refractivity contribution in [3.8, 4) is 11.8 Å². The van der Waals surface area contributed by atoms with Crippen molar-refractivity contribution in [3.63, 3.8) is 0 Å². The molecule has 0 spiro atoms. The van der Waals surface area contributed by atoms with Gasteiger partial charge in [-0.15, -0.1) is 0 Å². The molecular weight excluding hydrogens is 372 g/mol. The molecule has 1 fully saturated rings. The molecule has 2 aromatic rings. The maximum absolute atomic E-state index is 12.7. The standard InChI is InChI=1S/C21H20N4O4/c1-21(12-11-15-5-3-2-4-6-15)19(27)25(20(28)23-21)24-18(26)14-29-17-9-7-16(13-22)8-10-17/h2-10H,11-12,14H2,1H3,(H,23,28)(H,24,26)/t21-/m1/s1. The van der Waals surface area contributed by atoms with Crippen LogP contribution in [-0.4, -0.2) is 35.0 Å². The largest absolute Gasteiger partial charge is 0.484 e. The molecule has 0 radical (unpaired) electrons. The number of carbonyl (C=O) groups is 3. The van der Waals surface area contributed by atoms with Gasteiger partial charge in [0.1, 0.15) is 11.3 Å². The van der Waals surface area contributed by atoms with Crippen molar-refractivity contribution in [2.75, 3.05) is 6.61 Å². The minimum atomic E-state index is -1.10. The Labute approximate surface area is 168 Å². The number of hydrogen-bond acceptors (Lipinski definition) is 5. The van der Waals surface area contributed by atoms with Gasteiger partial charge in [-0.25, -0.2) is 4.79 Å². The van der Waals surface area contributed by atoms with Crippen LogP contribution in [0.15, 0.2) is 54.6 Å². The molecule has 2 N–H and O–H groups in total. The number of benzene rings is 2. The molecule has 1 aliphatic heterocycles. The number of nitriles is 1. The van der Waals surface area contributed by atoms with E-state index in [-0.39, 0.29) is 6.61 Å². The van der Waals surface area contributed by atoms with Crippen LogP contribution in [-0.2, 0) is 16.0 Å². The second-order valence-corrected chi connectivity index (χ2v) is 6.85. The Bertz CT molecular complexity index is 953. The van der Waals surface area contributed by atoms with Gasteiger partial charge in [0.15, 0.2) is 6.61 Å². The predicted molar refractivity (Wildman–Crippen MR) is 103 cm³/mol. The second-order valence-electron chi connectivity index (χ2n) is 6.85. The fraction of sp³-hybridized carbons (Fsp3) is 0.238. The van der Waals surface area contributed by atoms with Gasteiger partial charge in [-0.3, -0.25) is 15.0 Å². The number of aryl methyl sites for hydroxylation is 1. The molecule has 1 saturated heterocycles. The number of carbonyl (C=O) groups excluding carboxylic acids is 3. The van der Waals surface area contributed by atoms with Crippen molar-refractivity contribution in [2.45, 2.75) is 25.3 Å². The molecule has 1 aliphatic rings. The highest BCUT2D eigenvalue weighted by atomic mass is 16.5. The monoisotopic (exact) mass is 392 g/mol. The molecule has 0 aromatic heterocycles. The number of rotatable bonds is 7. The fourth-order valence-corrected chi connectivity index (χ4v) is 2.93. The zero-order valence-corrected chi connectivity index (χ0v) is 15.8. The molecule has 0 bridgehead atoms. The van der Waals surface area contributed by atoms with Gasteiger partial charge in [0.2, 0.25) is 0 Å². The van der Waals surface area contributed by atoms with Crippen molar-refractivity contribution >= 4 is 17.8 Å². The van der Waals surface area contributed by atoms with Crippen LogP contribution in [0.2, 0.25) is 0 Å². The molecular formula is C21H20N4O4. The van der Waals surface area contributed by atoms with Crippen LogP contribution in [0.1, 0.15) is 24.5 Å². The zero-order chi connectivity index (χ0) is 20.9. The lowest BCUT2D eigenvalue weighted by molar-refractivity contribution is -0.139. The highest BCUT2D eigenvalue weighted by Crippen LogP contribution is 2.22. The highest BCUT2D eigenvalue weighted by molar-refractivity contribution is 6.07. The summed E-state index contributed by atoms with van der Waals surface area (Å²) in [6.07, 6.45) is 1.00. The Morgan fingerprint density at radius 2 is 1.86 bits per heavy atom. The highest BCUT2D eigenvalue weighted by Gasteiger charge is 2.48. The lowest BCUT2D eigenvalue weighted by Gasteiger charge is -2.21. The molecule has 148 valence electrons. The van der Waals surface area contributed by atoms with Crippen LogP contribution >= 0.6 is 0 Å². The van der Waals surface area contributed by atoms with Gasteiger partial charge in [0.05, 0.1) is 11.6 Å². The minimum Gasteiger partial charge on any atom is -0.484 e. The van der Waals surface area contributed by atoms with E-state index in [0.717, 1.165) is 5.56 Å². The van der Waals surface area contributed by atoms with Gasteiger partial charge < -0.3 is 10.1 Å². The van der Waals surface area contributed by atoms with E-state index in [2.05, 4.69) is 10.7 Å². The van der Waals surface area contributed by atoms with E-state index >= 15 is 0 Å². The average molecular weight is 392 g/mol. The molecule has 8 heteroatoms. The summed E-state index contributed by atoms with van der Waals surface area (Å²) in [5.41, 5.74) is 2.70. The Morgan fingerprint density at radius 1 is 1.17 bits per heavy atom. The van der Waals surface area contributed by atoms with E-state index in [1.165, 1.54) is 0 Å². The van der Waals surface area contributed by atoms with E-state index in [1.54, 1.807) is 31.2 Å². The first-order valence-electron chi connectivity index (χ1n) is 9.04. The number of ether oxygens (including phenoxy) is 1. The van der Waals surface area contributed by atoms with Crippen LogP contribution in [0.5, 0.6) is 5.75 Å². The van der Waals surface area contributed by atoms with Crippen molar-refractivity contribution in [1.82, 2.24) is 15.8 Å². The number of hydrazine groups is 1. The first-order valence-corrected chi connectivity index (χ1v) is 9.04. The molecule has 0 saturated carbocycles. The van der Waals surface area contributed by atoms with Gasteiger partial charge in [-0.2, -0.15) is 10.3 Å². The van der Waals surface area contributed by atoms with Crippen LogP contribution < -0.4 is 15.5 Å². The maximum atomic E-state index is 12.7. The molecule has 0 aliphatic carbocycles. The third kappa shape index (κ3) is 4.71. The minimum absolute atomic E-state index is 0.385. The third-order valence-electron chi connectivity index (χ3n) is 4.61.